The van der Waals surface area contributed by atoms with Gasteiger partial charge in [-0.2, -0.15) is 0 Å². The predicted octanol–water partition coefficient (Wildman–Crippen LogP) is 3.94. The van der Waals surface area contributed by atoms with Gasteiger partial charge in [-0.25, -0.2) is 9.97 Å². The van der Waals surface area contributed by atoms with Crippen molar-refractivity contribution in [3.8, 4) is 5.75 Å². The molecule has 1 unspecified atom stereocenters. The smallest absolute Gasteiger partial charge is 0.140 e. The molecule has 116 valence electrons. The van der Waals surface area contributed by atoms with Crippen LogP contribution in [0, 0.1) is 0 Å². The van der Waals surface area contributed by atoms with Gasteiger partial charge in [0.05, 0.1) is 12.1 Å². The molecule has 1 atom stereocenters. The summed E-state index contributed by atoms with van der Waals surface area (Å²) in [5.41, 5.74) is 0.969. The van der Waals surface area contributed by atoms with E-state index < -0.39 is 0 Å². The fourth-order valence-electron chi connectivity index (χ4n) is 2.99. The first-order valence-corrected chi connectivity index (χ1v) is 8.04. The van der Waals surface area contributed by atoms with Gasteiger partial charge in [-0.1, -0.05) is 29.8 Å². The van der Waals surface area contributed by atoms with Crippen LogP contribution in [0.25, 0.3) is 10.9 Å². The van der Waals surface area contributed by atoms with Gasteiger partial charge >= 0.3 is 0 Å². The van der Waals surface area contributed by atoms with Crippen molar-refractivity contribution in [3.05, 3.63) is 59.9 Å². The van der Waals surface area contributed by atoms with Crippen LogP contribution in [0.4, 0.5) is 5.82 Å². The van der Waals surface area contributed by atoms with Crippen molar-refractivity contribution in [1.29, 1.82) is 0 Å². The third-order valence-electron chi connectivity index (χ3n) is 4.07. The number of aromatic nitrogens is 2. The van der Waals surface area contributed by atoms with E-state index in [4.69, 9.17) is 16.3 Å². The largest absolute Gasteiger partial charge is 0.488 e. The SMILES string of the molecule is Clc1cccc(OC2CCN(c3ncnc4ccccc34)C2)c1. The van der Waals surface area contributed by atoms with Gasteiger partial charge in [0.15, 0.2) is 0 Å². The lowest BCUT2D eigenvalue weighted by Gasteiger charge is -2.19. The van der Waals surface area contributed by atoms with Crippen molar-refractivity contribution in [3.63, 3.8) is 0 Å². The van der Waals surface area contributed by atoms with Gasteiger partial charge in [0, 0.05) is 23.4 Å². The number of benzene rings is 2. The maximum Gasteiger partial charge on any atom is 0.140 e. The first kappa shape index (κ1) is 14.3. The number of anilines is 1. The van der Waals surface area contributed by atoms with E-state index >= 15 is 0 Å². The first-order chi connectivity index (χ1) is 11.3. The van der Waals surface area contributed by atoms with Crippen molar-refractivity contribution in [2.24, 2.45) is 0 Å². The van der Waals surface area contributed by atoms with Gasteiger partial charge in [0.25, 0.3) is 0 Å². The third kappa shape index (κ3) is 2.94. The molecular weight excluding hydrogens is 310 g/mol. The minimum atomic E-state index is 0.141. The van der Waals surface area contributed by atoms with Gasteiger partial charge in [0.1, 0.15) is 24.0 Å². The molecule has 4 rings (SSSR count). The number of fused-ring (bicyclic) bond motifs is 1. The average Bonchev–Trinajstić information content (AvgIpc) is 3.02. The number of hydrogen-bond acceptors (Lipinski definition) is 4. The molecule has 0 N–H and O–H groups in total. The molecule has 1 saturated heterocycles. The topological polar surface area (TPSA) is 38.2 Å². The maximum atomic E-state index is 6.05. The summed E-state index contributed by atoms with van der Waals surface area (Å²) < 4.78 is 6.05. The molecule has 0 spiro atoms. The second-order valence-corrected chi connectivity index (χ2v) is 6.08. The Balaban J connectivity index is 1.53. The zero-order valence-corrected chi connectivity index (χ0v) is 13.3. The molecule has 1 aliphatic heterocycles. The van der Waals surface area contributed by atoms with Crippen LogP contribution in [0.2, 0.25) is 5.02 Å². The van der Waals surface area contributed by atoms with Gasteiger partial charge in [-0.05, 0) is 30.3 Å². The molecule has 23 heavy (non-hydrogen) atoms. The highest BCUT2D eigenvalue weighted by molar-refractivity contribution is 6.30. The van der Waals surface area contributed by atoms with Crippen LogP contribution >= 0.6 is 11.6 Å². The summed E-state index contributed by atoms with van der Waals surface area (Å²) in [6.45, 7) is 1.74. The average molecular weight is 326 g/mol. The van der Waals surface area contributed by atoms with E-state index in [1.165, 1.54) is 0 Å². The van der Waals surface area contributed by atoms with E-state index in [9.17, 15) is 0 Å². The number of ether oxygens (including phenoxy) is 1. The molecule has 0 aliphatic carbocycles. The zero-order chi connectivity index (χ0) is 15.6. The lowest BCUT2D eigenvalue weighted by molar-refractivity contribution is 0.225. The van der Waals surface area contributed by atoms with Crippen molar-refractivity contribution >= 4 is 28.3 Å². The molecule has 3 aromatic rings. The summed E-state index contributed by atoms with van der Waals surface area (Å²) in [6, 6.07) is 15.6. The van der Waals surface area contributed by atoms with Crippen LogP contribution in [-0.2, 0) is 0 Å². The molecule has 0 amide bonds. The molecular formula is C18H16ClN3O. The zero-order valence-electron chi connectivity index (χ0n) is 12.5. The molecule has 0 bridgehead atoms. The molecule has 0 radical (unpaired) electrons. The Hall–Kier alpha value is -2.33. The van der Waals surface area contributed by atoms with E-state index in [0.717, 1.165) is 42.0 Å². The maximum absolute atomic E-state index is 6.05. The first-order valence-electron chi connectivity index (χ1n) is 7.66. The van der Waals surface area contributed by atoms with Crippen molar-refractivity contribution in [1.82, 2.24) is 9.97 Å². The van der Waals surface area contributed by atoms with E-state index in [0.29, 0.717) is 5.02 Å². The molecule has 1 fully saturated rings. The Labute approximate surface area is 139 Å². The summed E-state index contributed by atoms with van der Waals surface area (Å²) in [4.78, 5) is 11.1. The summed E-state index contributed by atoms with van der Waals surface area (Å²) in [7, 11) is 0. The normalized spacial score (nSPS) is 17.6. The summed E-state index contributed by atoms with van der Waals surface area (Å²) in [6.07, 6.45) is 2.73. The number of rotatable bonds is 3. The van der Waals surface area contributed by atoms with Crippen LogP contribution in [0.1, 0.15) is 6.42 Å². The highest BCUT2D eigenvalue weighted by Gasteiger charge is 2.26. The molecule has 1 aliphatic rings. The predicted molar refractivity (Wildman–Crippen MR) is 92.2 cm³/mol. The van der Waals surface area contributed by atoms with Crippen LogP contribution in [0.5, 0.6) is 5.75 Å². The number of halogens is 1. The quantitative estimate of drug-likeness (QED) is 0.731. The second kappa shape index (κ2) is 6.05. The van der Waals surface area contributed by atoms with E-state index in [-0.39, 0.29) is 6.10 Å². The number of hydrogen-bond donors (Lipinski definition) is 0. The lowest BCUT2D eigenvalue weighted by atomic mass is 10.2. The number of nitrogens with zero attached hydrogens (tertiary/aromatic N) is 3. The summed E-state index contributed by atoms with van der Waals surface area (Å²) >= 11 is 6.01. The second-order valence-electron chi connectivity index (χ2n) is 5.65. The molecule has 2 aromatic carbocycles. The van der Waals surface area contributed by atoms with Gasteiger partial charge in [0.2, 0.25) is 0 Å². The third-order valence-corrected chi connectivity index (χ3v) is 4.30. The van der Waals surface area contributed by atoms with Crippen LogP contribution in [0.15, 0.2) is 54.9 Å². The molecule has 5 heteroatoms. The minimum absolute atomic E-state index is 0.141. The van der Waals surface area contributed by atoms with Gasteiger partial charge < -0.3 is 9.64 Å². The summed E-state index contributed by atoms with van der Waals surface area (Å²) in [5, 5.41) is 1.78. The fourth-order valence-corrected chi connectivity index (χ4v) is 3.17. The van der Waals surface area contributed by atoms with E-state index in [2.05, 4.69) is 20.9 Å². The van der Waals surface area contributed by atoms with Gasteiger partial charge in [-0.15, -0.1) is 0 Å². The monoisotopic (exact) mass is 325 g/mol. The molecule has 2 heterocycles. The fraction of sp³-hybridized carbons (Fsp3) is 0.222. The lowest BCUT2D eigenvalue weighted by Crippen LogP contribution is -2.25. The van der Waals surface area contributed by atoms with E-state index in [1.807, 2.05) is 42.5 Å². The highest BCUT2D eigenvalue weighted by Crippen LogP contribution is 2.28. The standard InChI is InChI=1S/C18H16ClN3O/c19-13-4-3-5-14(10-13)23-15-8-9-22(11-15)18-16-6-1-2-7-17(16)20-12-21-18/h1-7,10,12,15H,8-9,11H2. The highest BCUT2D eigenvalue weighted by atomic mass is 35.5. The molecule has 0 saturated carbocycles. The Morgan fingerprint density at radius 1 is 1.09 bits per heavy atom. The Bertz CT molecular complexity index is 834. The molecule has 1 aromatic heterocycles. The van der Waals surface area contributed by atoms with Crippen LogP contribution < -0.4 is 9.64 Å². The number of para-hydroxylation sites is 1. The minimum Gasteiger partial charge on any atom is -0.488 e. The van der Waals surface area contributed by atoms with Gasteiger partial charge in [-0.3, -0.25) is 0 Å². The van der Waals surface area contributed by atoms with Crippen molar-refractivity contribution in [2.75, 3.05) is 18.0 Å². The molecule has 4 nitrogen and oxygen atoms in total. The van der Waals surface area contributed by atoms with Crippen molar-refractivity contribution < 1.29 is 4.74 Å². The van der Waals surface area contributed by atoms with E-state index in [1.54, 1.807) is 6.33 Å². The summed E-state index contributed by atoms with van der Waals surface area (Å²) in [5.74, 6) is 1.80. The van der Waals surface area contributed by atoms with Crippen LogP contribution in [0.3, 0.4) is 0 Å². The Kier molecular flexibility index (Phi) is 3.75. The van der Waals surface area contributed by atoms with Crippen LogP contribution in [-0.4, -0.2) is 29.2 Å². The van der Waals surface area contributed by atoms with Crippen molar-refractivity contribution in [2.45, 2.75) is 12.5 Å². The Morgan fingerprint density at radius 3 is 2.91 bits per heavy atom. The Morgan fingerprint density at radius 2 is 2.00 bits per heavy atom.